The van der Waals surface area contributed by atoms with E-state index in [1.807, 2.05) is 6.92 Å². The first kappa shape index (κ1) is 16.1. The Morgan fingerprint density at radius 1 is 1.41 bits per heavy atom. The summed E-state index contributed by atoms with van der Waals surface area (Å²) in [6, 6.07) is -0.630. The summed E-state index contributed by atoms with van der Waals surface area (Å²) >= 11 is 1.56. The van der Waals surface area contributed by atoms with E-state index in [1.54, 1.807) is 32.5 Å². The number of likely N-dealkylation sites (N-methyl/N-ethyl adjacent to an activating group) is 1. The summed E-state index contributed by atoms with van der Waals surface area (Å²) in [5, 5.41) is 0. The van der Waals surface area contributed by atoms with E-state index in [-0.39, 0.29) is 0 Å². The number of carbonyl (C=O) groups excluding carboxylic acids is 2. The minimum atomic E-state index is -0.630. The molecule has 2 amide bonds. The molecule has 100 valence electrons. The zero-order valence-electron chi connectivity index (χ0n) is 11.1. The van der Waals surface area contributed by atoms with Crippen LogP contribution in [-0.4, -0.2) is 47.1 Å². The van der Waals surface area contributed by atoms with E-state index < -0.39 is 23.6 Å². The Kier molecular flexibility index (Phi) is 6.37. The molecule has 0 bridgehead atoms. The van der Waals surface area contributed by atoms with E-state index in [2.05, 4.69) is 0 Å². The van der Waals surface area contributed by atoms with Crippen LogP contribution in [0, 0.1) is 0 Å². The fourth-order valence-electron chi connectivity index (χ4n) is 1.08. The van der Waals surface area contributed by atoms with Crippen LogP contribution in [0.15, 0.2) is 0 Å². The molecule has 0 aromatic heterocycles. The van der Waals surface area contributed by atoms with Crippen molar-refractivity contribution in [1.29, 1.82) is 0 Å². The van der Waals surface area contributed by atoms with Crippen molar-refractivity contribution in [1.82, 2.24) is 4.90 Å². The summed E-state index contributed by atoms with van der Waals surface area (Å²) in [6.07, 6.45) is -0.530. The van der Waals surface area contributed by atoms with Crippen molar-refractivity contribution in [3.8, 4) is 0 Å². The molecule has 0 fully saturated rings. The lowest BCUT2D eigenvalue weighted by Crippen LogP contribution is -2.48. The number of nitrogens with zero attached hydrogens (tertiary/aromatic N) is 1. The van der Waals surface area contributed by atoms with E-state index in [0.29, 0.717) is 5.75 Å². The van der Waals surface area contributed by atoms with Gasteiger partial charge >= 0.3 is 6.09 Å². The molecule has 5 nitrogen and oxygen atoms in total. The van der Waals surface area contributed by atoms with Gasteiger partial charge in [-0.15, -0.1) is 0 Å². The highest BCUT2D eigenvalue weighted by atomic mass is 32.2. The molecule has 0 radical (unpaired) electrons. The topological polar surface area (TPSA) is 72.6 Å². The minimum Gasteiger partial charge on any atom is -0.444 e. The highest BCUT2D eigenvalue weighted by molar-refractivity contribution is 7.99. The quantitative estimate of drug-likeness (QED) is 0.814. The van der Waals surface area contributed by atoms with Gasteiger partial charge in [0.1, 0.15) is 11.6 Å². The second kappa shape index (κ2) is 6.74. The number of thioether (sulfide) groups is 1. The summed E-state index contributed by atoms with van der Waals surface area (Å²) in [4.78, 5) is 24.3. The normalized spacial score (nSPS) is 13.0. The maximum absolute atomic E-state index is 11.8. The van der Waals surface area contributed by atoms with Gasteiger partial charge < -0.3 is 10.5 Å². The first-order valence-electron chi connectivity index (χ1n) is 5.52. The lowest BCUT2D eigenvalue weighted by molar-refractivity contribution is -0.122. The zero-order chi connectivity index (χ0) is 13.6. The average Bonchev–Trinajstić information content (AvgIpc) is 2.14. The number of carbonyl (C=O) groups is 2. The van der Waals surface area contributed by atoms with E-state index >= 15 is 0 Å². The molecule has 0 saturated carbocycles. The molecule has 1 atom stereocenters. The molecule has 1 unspecified atom stereocenters. The Labute approximate surface area is 107 Å². The molecule has 0 aliphatic rings. The standard InChI is InChI=1S/C11H22N2O3S/c1-6-17-7-8(9(12)14)13(5)10(15)16-11(2,3)4/h8H,6-7H2,1-5H3,(H2,12,14). The average molecular weight is 262 g/mol. The van der Waals surface area contributed by atoms with Crippen LogP contribution in [0.1, 0.15) is 27.7 Å². The second-order valence-corrected chi connectivity index (χ2v) is 5.99. The van der Waals surface area contributed by atoms with E-state index in [1.165, 1.54) is 11.9 Å². The van der Waals surface area contributed by atoms with Crippen molar-refractivity contribution in [2.24, 2.45) is 5.73 Å². The summed E-state index contributed by atoms with van der Waals surface area (Å²) < 4.78 is 5.18. The molecular formula is C11H22N2O3S. The van der Waals surface area contributed by atoms with E-state index in [9.17, 15) is 9.59 Å². The van der Waals surface area contributed by atoms with Gasteiger partial charge in [-0.2, -0.15) is 11.8 Å². The van der Waals surface area contributed by atoms with Gasteiger partial charge in [0, 0.05) is 12.8 Å². The molecule has 0 aliphatic heterocycles. The van der Waals surface area contributed by atoms with Crippen LogP contribution in [0.3, 0.4) is 0 Å². The number of hydrogen-bond acceptors (Lipinski definition) is 4. The Balaban J connectivity index is 4.55. The Hall–Kier alpha value is -0.910. The van der Waals surface area contributed by atoms with Gasteiger partial charge in [-0.25, -0.2) is 4.79 Å². The molecule has 0 aliphatic carbocycles. The van der Waals surface area contributed by atoms with E-state index in [4.69, 9.17) is 10.5 Å². The van der Waals surface area contributed by atoms with Crippen molar-refractivity contribution < 1.29 is 14.3 Å². The number of hydrogen-bond donors (Lipinski definition) is 1. The van der Waals surface area contributed by atoms with Crippen molar-refractivity contribution in [3.05, 3.63) is 0 Å². The van der Waals surface area contributed by atoms with Gasteiger partial charge in [0.2, 0.25) is 5.91 Å². The van der Waals surface area contributed by atoms with E-state index in [0.717, 1.165) is 5.75 Å². The smallest absolute Gasteiger partial charge is 0.410 e. The fourth-order valence-corrected chi connectivity index (χ4v) is 1.92. The van der Waals surface area contributed by atoms with Crippen LogP contribution in [0.2, 0.25) is 0 Å². The zero-order valence-corrected chi connectivity index (χ0v) is 12.0. The highest BCUT2D eigenvalue weighted by Gasteiger charge is 2.28. The highest BCUT2D eigenvalue weighted by Crippen LogP contribution is 2.13. The summed E-state index contributed by atoms with van der Waals surface area (Å²) in [7, 11) is 1.53. The molecule has 0 saturated heterocycles. The summed E-state index contributed by atoms with van der Waals surface area (Å²) in [6.45, 7) is 7.31. The van der Waals surface area contributed by atoms with Crippen molar-refractivity contribution in [2.75, 3.05) is 18.6 Å². The first-order valence-corrected chi connectivity index (χ1v) is 6.67. The molecule has 0 aromatic rings. The summed E-state index contributed by atoms with van der Waals surface area (Å²) in [5.41, 5.74) is 4.70. The number of amides is 2. The predicted octanol–water partition coefficient (Wildman–Crippen LogP) is 1.46. The Morgan fingerprint density at radius 2 is 1.94 bits per heavy atom. The first-order chi connectivity index (χ1) is 7.69. The van der Waals surface area contributed by atoms with Crippen molar-refractivity contribution in [3.63, 3.8) is 0 Å². The van der Waals surface area contributed by atoms with Crippen LogP contribution in [0.25, 0.3) is 0 Å². The van der Waals surface area contributed by atoms with Crippen LogP contribution in [0.4, 0.5) is 4.79 Å². The molecule has 0 spiro atoms. The maximum atomic E-state index is 11.8. The van der Waals surface area contributed by atoms with Gasteiger partial charge in [0.15, 0.2) is 0 Å². The number of ether oxygens (including phenoxy) is 1. The second-order valence-electron chi connectivity index (χ2n) is 4.67. The molecular weight excluding hydrogens is 240 g/mol. The van der Waals surface area contributed by atoms with Gasteiger partial charge in [0.05, 0.1) is 0 Å². The number of rotatable bonds is 5. The third-order valence-corrected chi connectivity index (χ3v) is 2.92. The summed E-state index contributed by atoms with van der Waals surface area (Å²) in [5.74, 6) is 0.840. The van der Waals surface area contributed by atoms with Crippen molar-refractivity contribution >= 4 is 23.8 Å². The minimum absolute atomic E-state index is 0.488. The third-order valence-electron chi connectivity index (χ3n) is 1.96. The van der Waals surface area contributed by atoms with Crippen molar-refractivity contribution in [2.45, 2.75) is 39.3 Å². The number of nitrogens with two attached hydrogens (primary N) is 1. The fraction of sp³-hybridized carbons (Fsp3) is 0.818. The largest absolute Gasteiger partial charge is 0.444 e. The SMILES string of the molecule is CCSCC(C(N)=O)N(C)C(=O)OC(C)(C)C. The van der Waals surface area contributed by atoms with Crippen LogP contribution in [0.5, 0.6) is 0 Å². The molecule has 0 rings (SSSR count). The predicted molar refractivity (Wildman–Crippen MR) is 70.0 cm³/mol. The van der Waals surface area contributed by atoms with Crippen LogP contribution < -0.4 is 5.73 Å². The maximum Gasteiger partial charge on any atom is 0.410 e. The lowest BCUT2D eigenvalue weighted by atomic mass is 10.2. The van der Waals surface area contributed by atoms with Crippen LogP contribution >= 0.6 is 11.8 Å². The van der Waals surface area contributed by atoms with Crippen LogP contribution in [-0.2, 0) is 9.53 Å². The number of primary amides is 1. The Bertz CT molecular complexity index is 276. The molecule has 0 aromatic carbocycles. The van der Waals surface area contributed by atoms with Gasteiger partial charge in [-0.1, -0.05) is 6.92 Å². The molecule has 0 heterocycles. The van der Waals surface area contributed by atoms with Gasteiger partial charge in [-0.05, 0) is 26.5 Å². The molecule has 17 heavy (non-hydrogen) atoms. The van der Waals surface area contributed by atoms with Gasteiger partial charge in [-0.3, -0.25) is 9.69 Å². The van der Waals surface area contributed by atoms with Gasteiger partial charge in [0.25, 0.3) is 0 Å². The Morgan fingerprint density at radius 3 is 2.29 bits per heavy atom. The third kappa shape index (κ3) is 6.41. The lowest BCUT2D eigenvalue weighted by Gasteiger charge is -2.28. The molecule has 2 N–H and O–H groups in total. The molecule has 6 heteroatoms. The monoisotopic (exact) mass is 262 g/mol.